The van der Waals surface area contributed by atoms with Crippen molar-refractivity contribution >= 4 is 11.7 Å². The van der Waals surface area contributed by atoms with E-state index in [0.717, 1.165) is 0 Å². The van der Waals surface area contributed by atoms with E-state index in [2.05, 4.69) is 10.6 Å². The topological polar surface area (TPSA) is 53.6 Å². The molecule has 128 valence electrons. The first-order valence-corrected chi connectivity index (χ1v) is 7.34. The van der Waals surface area contributed by atoms with Gasteiger partial charge in [-0.1, -0.05) is 0 Å². The largest absolute Gasteiger partial charge is 0.497 e. The third-order valence-corrected chi connectivity index (χ3v) is 3.67. The van der Waals surface area contributed by atoms with Crippen molar-refractivity contribution in [3.63, 3.8) is 0 Å². The normalized spacial score (nSPS) is 18.7. The number of ether oxygens (including phenoxy) is 1. The van der Waals surface area contributed by atoms with Crippen molar-refractivity contribution in [2.24, 2.45) is 5.92 Å². The molecule has 0 bridgehead atoms. The van der Waals surface area contributed by atoms with Gasteiger partial charge < -0.3 is 15.4 Å². The number of methoxy groups -OCH3 is 1. The van der Waals surface area contributed by atoms with Crippen molar-refractivity contribution in [3.05, 3.63) is 24.3 Å². The van der Waals surface area contributed by atoms with E-state index in [1.165, 1.54) is 4.90 Å². The second-order valence-corrected chi connectivity index (χ2v) is 5.57. The molecule has 1 saturated heterocycles. The molecule has 1 unspecified atom stereocenters. The molecule has 1 aromatic carbocycles. The number of benzene rings is 1. The highest BCUT2D eigenvalue weighted by Gasteiger charge is 2.34. The molecule has 1 fully saturated rings. The molecule has 2 N–H and O–H groups in total. The van der Waals surface area contributed by atoms with E-state index in [0.29, 0.717) is 37.5 Å². The summed E-state index contributed by atoms with van der Waals surface area (Å²) in [5.41, 5.74) is 0.619. The molecular weight excluding hydrogens is 311 g/mol. The summed E-state index contributed by atoms with van der Waals surface area (Å²) in [5, 5.41) is 5.36. The lowest BCUT2D eigenvalue weighted by molar-refractivity contribution is -0.143. The number of nitrogens with zero attached hydrogens (tertiary/aromatic N) is 1. The molecule has 23 heavy (non-hydrogen) atoms. The van der Waals surface area contributed by atoms with Crippen molar-refractivity contribution < 1.29 is 22.7 Å². The lowest BCUT2D eigenvalue weighted by atomic mass is 10.1. The third-order valence-electron chi connectivity index (χ3n) is 3.67. The molecule has 2 rings (SSSR count). The quantitative estimate of drug-likeness (QED) is 0.872. The highest BCUT2D eigenvalue weighted by Crippen LogP contribution is 2.22. The van der Waals surface area contributed by atoms with Gasteiger partial charge >= 0.3 is 12.2 Å². The number of urea groups is 1. The van der Waals surface area contributed by atoms with Gasteiger partial charge in [0.25, 0.3) is 0 Å². The summed E-state index contributed by atoms with van der Waals surface area (Å²) in [7, 11) is 1.55. The van der Waals surface area contributed by atoms with Crippen LogP contribution in [-0.2, 0) is 0 Å². The fraction of sp³-hybridized carbons (Fsp3) is 0.533. The zero-order chi connectivity index (χ0) is 16.9. The van der Waals surface area contributed by atoms with Gasteiger partial charge in [0, 0.05) is 18.8 Å². The molecule has 0 aliphatic carbocycles. The summed E-state index contributed by atoms with van der Waals surface area (Å²) in [6, 6.07) is 6.49. The second-order valence-electron chi connectivity index (χ2n) is 5.57. The second kappa shape index (κ2) is 7.54. The molecular formula is C15H20F3N3O2. The van der Waals surface area contributed by atoms with E-state index in [1.807, 2.05) is 0 Å². The van der Waals surface area contributed by atoms with Gasteiger partial charge in [-0.05, 0) is 43.1 Å². The van der Waals surface area contributed by atoms with Gasteiger partial charge in [-0.15, -0.1) is 0 Å². The summed E-state index contributed by atoms with van der Waals surface area (Å²) >= 11 is 0. The Balaban J connectivity index is 1.70. The van der Waals surface area contributed by atoms with Gasteiger partial charge in [-0.2, -0.15) is 13.2 Å². The minimum absolute atomic E-state index is 0.0407. The van der Waals surface area contributed by atoms with Gasteiger partial charge in [0.1, 0.15) is 5.75 Å². The molecule has 0 spiro atoms. The monoisotopic (exact) mass is 331 g/mol. The van der Waals surface area contributed by atoms with Gasteiger partial charge in [0.05, 0.1) is 13.7 Å². The number of carbonyl (C=O) groups excluding carboxylic acids is 1. The third kappa shape index (κ3) is 5.97. The Morgan fingerprint density at radius 1 is 1.35 bits per heavy atom. The Labute approximate surface area is 132 Å². The summed E-state index contributed by atoms with van der Waals surface area (Å²) in [5.74, 6) is 0.727. The minimum Gasteiger partial charge on any atom is -0.497 e. The van der Waals surface area contributed by atoms with Gasteiger partial charge in [0.2, 0.25) is 0 Å². The molecule has 8 heteroatoms. The first-order valence-electron chi connectivity index (χ1n) is 7.34. The van der Waals surface area contributed by atoms with Crippen LogP contribution in [0.1, 0.15) is 6.42 Å². The van der Waals surface area contributed by atoms with Crippen LogP contribution in [0.3, 0.4) is 0 Å². The molecule has 1 atom stereocenters. The number of carbonyl (C=O) groups is 1. The number of hydrogen-bond donors (Lipinski definition) is 2. The summed E-state index contributed by atoms with van der Waals surface area (Å²) in [6.07, 6.45) is -3.52. The average molecular weight is 331 g/mol. The van der Waals surface area contributed by atoms with Crippen LogP contribution in [0.4, 0.5) is 23.7 Å². The van der Waals surface area contributed by atoms with Gasteiger partial charge in [0.15, 0.2) is 0 Å². The van der Waals surface area contributed by atoms with Crippen molar-refractivity contribution in [2.45, 2.75) is 12.6 Å². The van der Waals surface area contributed by atoms with Crippen molar-refractivity contribution in [3.8, 4) is 5.75 Å². The Hall–Kier alpha value is -1.96. The van der Waals surface area contributed by atoms with Crippen LogP contribution in [0, 0.1) is 5.92 Å². The Morgan fingerprint density at radius 3 is 2.65 bits per heavy atom. The van der Waals surface area contributed by atoms with Crippen LogP contribution in [0.15, 0.2) is 24.3 Å². The van der Waals surface area contributed by atoms with Crippen LogP contribution in [0.2, 0.25) is 0 Å². The Kier molecular flexibility index (Phi) is 5.70. The van der Waals surface area contributed by atoms with E-state index in [-0.39, 0.29) is 11.9 Å². The van der Waals surface area contributed by atoms with E-state index in [4.69, 9.17) is 4.74 Å². The number of anilines is 1. The van der Waals surface area contributed by atoms with Crippen LogP contribution < -0.4 is 15.4 Å². The SMILES string of the molecule is COc1ccc(NC(=O)NCC2CCN(CC(F)(F)F)C2)cc1. The van der Waals surface area contributed by atoms with Crippen LogP contribution >= 0.6 is 0 Å². The predicted octanol–water partition coefficient (Wildman–Crippen LogP) is 2.70. The molecule has 0 saturated carbocycles. The first-order chi connectivity index (χ1) is 10.9. The maximum Gasteiger partial charge on any atom is 0.401 e. The fourth-order valence-corrected chi connectivity index (χ4v) is 2.56. The molecule has 0 aromatic heterocycles. The van der Waals surface area contributed by atoms with E-state index in [9.17, 15) is 18.0 Å². The maximum atomic E-state index is 12.3. The number of nitrogens with one attached hydrogen (secondary N) is 2. The van der Waals surface area contributed by atoms with E-state index >= 15 is 0 Å². The smallest absolute Gasteiger partial charge is 0.401 e. The van der Waals surface area contributed by atoms with Crippen molar-refractivity contribution in [1.29, 1.82) is 0 Å². The van der Waals surface area contributed by atoms with Crippen molar-refractivity contribution in [1.82, 2.24) is 10.2 Å². The van der Waals surface area contributed by atoms with Crippen LogP contribution in [0.5, 0.6) is 5.75 Å². The Morgan fingerprint density at radius 2 is 2.04 bits per heavy atom. The fourth-order valence-electron chi connectivity index (χ4n) is 2.56. The molecule has 1 heterocycles. The number of rotatable bonds is 5. The molecule has 1 aliphatic heterocycles. The summed E-state index contributed by atoms with van der Waals surface area (Å²) < 4.78 is 42.0. The standard InChI is InChI=1S/C15H20F3N3O2/c1-23-13-4-2-12(3-5-13)20-14(22)19-8-11-6-7-21(9-11)10-15(16,17)18/h2-5,11H,6-10H2,1H3,(H2,19,20,22). The summed E-state index contributed by atoms with van der Waals surface area (Å²) in [4.78, 5) is 13.2. The Bertz CT molecular complexity index is 520. The molecule has 0 radical (unpaired) electrons. The number of alkyl halides is 3. The predicted molar refractivity (Wildman–Crippen MR) is 80.6 cm³/mol. The maximum absolute atomic E-state index is 12.3. The first kappa shape index (κ1) is 17.4. The molecule has 1 aliphatic rings. The number of halogens is 3. The minimum atomic E-state index is -4.17. The van der Waals surface area contributed by atoms with Crippen molar-refractivity contribution in [2.75, 3.05) is 38.6 Å². The molecule has 2 amide bonds. The lowest BCUT2D eigenvalue weighted by Crippen LogP contribution is -2.36. The highest BCUT2D eigenvalue weighted by atomic mass is 19.4. The zero-order valence-electron chi connectivity index (χ0n) is 12.8. The van der Waals surface area contributed by atoms with Crippen LogP contribution in [0.25, 0.3) is 0 Å². The number of amides is 2. The van der Waals surface area contributed by atoms with E-state index < -0.39 is 12.7 Å². The van der Waals surface area contributed by atoms with E-state index in [1.54, 1.807) is 31.4 Å². The lowest BCUT2D eigenvalue weighted by Gasteiger charge is -2.18. The zero-order valence-corrected chi connectivity index (χ0v) is 12.8. The van der Waals surface area contributed by atoms with Gasteiger partial charge in [-0.3, -0.25) is 4.90 Å². The summed E-state index contributed by atoms with van der Waals surface area (Å²) in [6.45, 7) is 0.228. The molecule has 1 aromatic rings. The highest BCUT2D eigenvalue weighted by molar-refractivity contribution is 5.89. The number of likely N-dealkylation sites (tertiary alicyclic amines) is 1. The number of hydrogen-bond acceptors (Lipinski definition) is 3. The average Bonchev–Trinajstić information content (AvgIpc) is 2.91. The van der Waals surface area contributed by atoms with Crippen LogP contribution in [-0.4, -0.2) is 50.4 Å². The molecule has 5 nitrogen and oxygen atoms in total. The van der Waals surface area contributed by atoms with Gasteiger partial charge in [-0.25, -0.2) is 4.79 Å².